The molecule has 1 aromatic carbocycles. The Bertz CT molecular complexity index is 436. The predicted octanol–water partition coefficient (Wildman–Crippen LogP) is 0.907. The van der Waals surface area contributed by atoms with Gasteiger partial charge < -0.3 is 19.9 Å². The van der Waals surface area contributed by atoms with Crippen molar-refractivity contribution in [3.8, 4) is 11.5 Å². The first-order valence-corrected chi connectivity index (χ1v) is 5.24. The second-order valence-corrected chi connectivity index (χ2v) is 3.63. The molecule has 0 saturated carbocycles. The van der Waals surface area contributed by atoms with E-state index >= 15 is 0 Å². The number of carboxylic acid groups (broad SMARTS) is 1. The summed E-state index contributed by atoms with van der Waals surface area (Å²) in [5, 5.41) is 11.1. The van der Waals surface area contributed by atoms with Crippen molar-refractivity contribution in [3.05, 3.63) is 23.8 Å². The van der Waals surface area contributed by atoms with Gasteiger partial charge >= 0.3 is 5.97 Å². The fraction of sp³-hybridized carbons (Fsp3) is 0.333. The zero-order chi connectivity index (χ0) is 13.7. The first-order chi connectivity index (χ1) is 8.47. The molecule has 1 rings (SSSR count). The van der Waals surface area contributed by atoms with Gasteiger partial charge in [-0.25, -0.2) is 0 Å². The molecule has 0 saturated heterocycles. The molecule has 6 nitrogen and oxygen atoms in total. The van der Waals surface area contributed by atoms with Gasteiger partial charge in [-0.2, -0.15) is 0 Å². The number of nitrogens with one attached hydrogen (secondary N) is 1. The van der Waals surface area contributed by atoms with Gasteiger partial charge in [0.2, 0.25) is 0 Å². The van der Waals surface area contributed by atoms with E-state index in [4.69, 9.17) is 14.6 Å². The van der Waals surface area contributed by atoms with Crippen LogP contribution in [0.25, 0.3) is 0 Å². The van der Waals surface area contributed by atoms with Crippen molar-refractivity contribution in [1.82, 2.24) is 5.32 Å². The molecule has 2 N–H and O–H groups in total. The summed E-state index contributed by atoms with van der Waals surface area (Å²) in [4.78, 5) is 22.5. The Kier molecular flexibility index (Phi) is 4.53. The highest BCUT2D eigenvalue weighted by atomic mass is 16.5. The Hall–Kier alpha value is -2.24. The Morgan fingerprint density at radius 1 is 1.17 bits per heavy atom. The molecule has 6 heteroatoms. The van der Waals surface area contributed by atoms with Crippen LogP contribution >= 0.6 is 0 Å². The third-order valence-corrected chi connectivity index (χ3v) is 2.33. The summed E-state index contributed by atoms with van der Waals surface area (Å²) in [6, 6.07) is 3.67. The van der Waals surface area contributed by atoms with Crippen LogP contribution in [0.5, 0.6) is 11.5 Å². The van der Waals surface area contributed by atoms with Crippen LogP contribution in [0.4, 0.5) is 0 Å². The fourth-order valence-corrected chi connectivity index (χ4v) is 1.28. The molecule has 1 amide bonds. The molecule has 1 atom stereocenters. The van der Waals surface area contributed by atoms with Gasteiger partial charge in [-0.3, -0.25) is 9.59 Å². The molecule has 98 valence electrons. The number of carbonyl (C=O) groups is 2. The molecule has 0 aromatic heterocycles. The van der Waals surface area contributed by atoms with Crippen LogP contribution in [0.3, 0.4) is 0 Å². The zero-order valence-electron chi connectivity index (χ0n) is 10.4. The second-order valence-electron chi connectivity index (χ2n) is 3.63. The van der Waals surface area contributed by atoms with E-state index in [-0.39, 0.29) is 5.56 Å². The van der Waals surface area contributed by atoms with Crippen LogP contribution < -0.4 is 14.8 Å². The maximum absolute atomic E-state index is 11.8. The lowest BCUT2D eigenvalue weighted by atomic mass is 10.1. The maximum Gasteiger partial charge on any atom is 0.325 e. The van der Waals surface area contributed by atoms with E-state index in [1.165, 1.54) is 33.3 Å². The highest BCUT2D eigenvalue weighted by molar-refractivity contribution is 5.97. The van der Waals surface area contributed by atoms with Crippen LogP contribution in [0.1, 0.15) is 17.3 Å². The van der Waals surface area contributed by atoms with E-state index in [1.54, 1.807) is 6.07 Å². The number of carbonyl (C=O) groups excluding carboxylic acids is 1. The number of hydrogen-bond acceptors (Lipinski definition) is 4. The standard InChI is InChI=1S/C12H15NO5/c1-7(12(15)16)13-11(14)8-4-9(17-2)6-10(5-8)18-3/h4-7H,1-3H3,(H,13,14)(H,15,16)/t7-/m0/s1. The highest BCUT2D eigenvalue weighted by Crippen LogP contribution is 2.22. The van der Waals surface area contributed by atoms with Crippen molar-refractivity contribution in [2.75, 3.05) is 14.2 Å². The number of hydrogen-bond donors (Lipinski definition) is 2. The van der Waals surface area contributed by atoms with Crippen molar-refractivity contribution in [3.63, 3.8) is 0 Å². The number of methoxy groups -OCH3 is 2. The second kappa shape index (κ2) is 5.90. The van der Waals surface area contributed by atoms with Gasteiger partial charge in [0.15, 0.2) is 0 Å². The van der Waals surface area contributed by atoms with Crippen molar-refractivity contribution < 1.29 is 24.2 Å². The minimum Gasteiger partial charge on any atom is -0.497 e. The Labute approximate surface area is 105 Å². The van der Waals surface area contributed by atoms with E-state index in [0.29, 0.717) is 11.5 Å². The summed E-state index contributed by atoms with van der Waals surface area (Å²) in [7, 11) is 2.94. The molecular weight excluding hydrogens is 238 g/mol. The van der Waals surface area contributed by atoms with Crippen molar-refractivity contribution in [2.24, 2.45) is 0 Å². The van der Waals surface area contributed by atoms with E-state index in [2.05, 4.69) is 5.32 Å². The predicted molar refractivity (Wildman–Crippen MR) is 64.1 cm³/mol. The summed E-state index contributed by atoms with van der Waals surface area (Å²) >= 11 is 0. The van der Waals surface area contributed by atoms with E-state index in [0.717, 1.165) is 0 Å². The number of aliphatic carboxylic acids is 1. The SMILES string of the molecule is COc1cc(OC)cc(C(=O)N[C@@H](C)C(=O)O)c1. The molecule has 0 heterocycles. The van der Waals surface area contributed by atoms with Crippen LogP contribution in [0, 0.1) is 0 Å². The quantitative estimate of drug-likeness (QED) is 0.814. The molecule has 0 aliphatic heterocycles. The molecular formula is C12H15NO5. The molecule has 0 bridgehead atoms. The smallest absolute Gasteiger partial charge is 0.325 e. The average molecular weight is 253 g/mol. The van der Waals surface area contributed by atoms with Crippen molar-refractivity contribution >= 4 is 11.9 Å². The fourth-order valence-electron chi connectivity index (χ4n) is 1.28. The van der Waals surface area contributed by atoms with E-state index in [1.807, 2.05) is 0 Å². The average Bonchev–Trinajstić information content (AvgIpc) is 2.37. The van der Waals surface area contributed by atoms with Gasteiger partial charge in [0.25, 0.3) is 5.91 Å². The van der Waals surface area contributed by atoms with Crippen LogP contribution in [0.2, 0.25) is 0 Å². The lowest BCUT2D eigenvalue weighted by Gasteiger charge is -2.11. The summed E-state index contributed by atoms with van der Waals surface area (Å²) in [5.74, 6) is -0.676. The van der Waals surface area contributed by atoms with Crippen molar-refractivity contribution in [1.29, 1.82) is 0 Å². The Morgan fingerprint density at radius 3 is 2.06 bits per heavy atom. The van der Waals surface area contributed by atoms with Crippen LogP contribution in [-0.2, 0) is 4.79 Å². The molecule has 0 unspecified atom stereocenters. The van der Waals surface area contributed by atoms with Gasteiger partial charge in [-0.05, 0) is 19.1 Å². The summed E-state index contributed by atoms with van der Waals surface area (Å²) < 4.78 is 10.0. The first-order valence-electron chi connectivity index (χ1n) is 5.24. The van der Waals surface area contributed by atoms with Gasteiger partial charge in [0.1, 0.15) is 17.5 Å². The number of benzene rings is 1. The van der Waals surface area contributed by atoms with E-state index in [9.17, 15) is 9.59 Å². The number of rotatable bonds is 5. The van der Waals surface area contributed by atoms with Crippen LogP contribution in [-0.4, -0.2) is 37.2 Å². The lowest BCUT2D eigenvalue weighted by molar-refractivity contribution is -0.138. The topological polar surface area (TPSA) is 84.9 Å². The third-order valence-electron chi connectivity index (χ3n) is 2.33. The normalized spacial score (nSPS) is 11.5. The molecule has 0 fully saturated rings. The number of amides is 1. The van der Waals surface area contributed by atoms with Gasteiger partial charge in [0.05, 0.1) is 14.2 Å². The molecule has 0 aliphatic rings. The first kappa shape index (κ1) is 13.8. The number of carboxylic acids is 1. The monoisotopic (exact) mass is 253 g/mol. The number of ether oxygens (including phenoxy) is 2. The molecule has 18 heavy (non-hydrogen) atoms. The maximum atomic E-state index is 11.8. The van der Waals surface area contributed by atoms with Gasteiger partial charge in [0, 0.05) is 11.6 Å². The van der Waals surface area contributed by atoms with E-state index < -0.39 is 17.9 Å². The molecule has 1 aromatic rings. The Balaban J connectivity index is 2.94. The lowest BCUT2D eigenvalue weighted by Crippen LogP contribution is -2.38. The summed E-state index contributed by atoms with van der Waals surface area (Å²) in [6.07, 6.45) is 0. The summed E-state index contributed by atoms with van der Waals surface area (Å²) in [6.45, 7) is 1.39. The van der Waals surface area contributed by atoms with Gasteiger partial charge in [-0.15, -0.1) is 0 Å². The molecule has 0 spiro atoms. The zero-order valence-corrected chi connectivity index (χ0v) is 10.4. The van der Waals surface area contributed by atoms with Gasteiger partial charge in [-0.1, -0.05) is 0 Å². The Morgan fingerprint density at radius 2 is 1.67 bits per heavy atom. The highest BCUT2D eigenvalue weighted by Gasteiger charge is 2.16. The molecule has 0 aliphatic carbocycles. The van der Waals surface area contributed by atoms with Crippen molar-refractivity contribution in [2.45, 2.75) is 13.0 Å². The summed E-state index contributed by atoms with van der Waals surface area (Å²) in [5.41, 5.74) is 0.277. The third kappa shape index (κ3) is 3.38. The molecule has 0 radical (unpaired) electrons. The van der Waals surface area contributed by atoms with Crippen LogP contribution in [0.15, 0.2) is 18.2 Å². The minimum atomic E-state index is -1.10. The largest absolute Gasteiger partial charge is 0.497 e. The minimum absolute atomic E-state index is 0.277.